The highest BCUT2D eigenvalue weighted by Crippen LogP contribution is 2.41. The van der Waals surface area contributed by atoms with Gasteiger partial charge < -0.3 is 10.5 Å². The van der Waals surface area contributed by atoms with Crippen molar-refractivity contribution in [3.63, 3.8) is 0 Å². The SMILES string of the molecule is COc1ccc2c(c1)C(N)(c1cc(C)cc(C)c1)CC2. The van der Waals surface area contributed by atoms with Crippen LogP contribution in [0.1, 0.15) is 34.2 Å². The summed E-state index contributed by atoms with van der Waals surface area (Å²) in [5.41, 5.74) is 12.7. The molecule has 2 aromatic carbocycles. The van der Waals surface area contributed by atoms with Crippen LogP contribution >= 0.6 is 0 Å². The average molecular weight is 267 g/mol. The van der Waals surface area contributed by atoms with Gasteiger partial charge in [0.25, 0.3) is 0 Å². The van der Waals surface area contributed by atoms with E-state index < -0.39 is 0 Å². The highest BCUT2D eigenvalue weighted by atomic mass is 16.5. The summed E-state index contributed by atoms with van der Waals surface area (Å²) in [6.07, 6.45) is 1.99. The second-order valence-corrected chi connectivity index (χ2v) is 5.87. The van der Waals surface area contributed by atoms with Crippen molar-refractivity contribution in [1.82, 2.24) is 0 Å². The Kier molecular flexibility index (Phi) is 3.06. The number of rotatable bonds is 2. The fourth-order valence-corrected chi connectivity index (χ4v) is 3.31. The largest absolute Gasteiger partial charge is 0.497 e. The third kappa shape index (κ3) is 2.01. The smallest absolute Gasteiger partial charge is 0.119 e. The number of aryl methyl sites for hydroxylation is 3. The van der Waals surface area contributed by atoms with Gasteiger partial charge in [-0.15, -0.1) is 0 Å². The lowest BCUT2D eigenvalue weighted by atomic mass is 9.83. The minimum atomic E-state index is -0.388. The van der Waals surface area contributed by atoms with Crippen LogP contribution in [-0.2, 0) is 12.0 Å². The maximum absolute atomic E-state index is 6.80. The Morgan fingerprint density at radius 3 is 2.40 bits per heavy atom. The van der Waals surface area contributed by atoms with E-state index in [0.29, 0.717) is 0 Å². The molecule has 0 saturated carbocycles. The van der Waals surface area contributed by atoms with Crippen LogP contribution in [-0.4, -0.2) is 7.11 Å². The monoisotopic (exact) mass is 267 g/mol. The van der Waals surface area contributed by atoms with Gasteiger partial charge in [-0.1, -0.05) is 35.4 Å². The van der Waals surface area contributed by atoms with Gasteiger partial charge in [0.15, 0.2) is 0 Å². The number of fused-ring (bicyclic) bond motifs is 1. The average Bonchev–Trinajstić information content (AvgIpc) is 2.76. The van der Waals surface area contributed by atoms with Crippen molar-refractivity contribution in [2.24, 2.45) is 5.73 Å². The van der Waals surface area contributed by atoms with E-state index in [2.05, 4.69) is 44.2 Å². The molecule has 104 valence electrons. The van der Waals surface area contributed by atoms with E-state index in [1.165, 1.54) is 27.8 Å². The zero-order valence-corrected chi connectivity index (χ0v) is 12.4. The summed E-state index contributed by atoms with van der Waals surface area (Å²) in [5, 5.41) is 0. The molecule has 0 spiro atoms. The van der Waals surface area contributed by atoms with E-state index >= 15 is 0 Å². The Bertz CT molecular complexity index is 642. The number of methoxy groups -OCH3 is 1. The quantitative estimate of drug-likeness (QED) is 0.904. The third-order valence-corrected chi connectivity index (χ3v) is 4.32. The number of nitrogens with two attached hydrogens (primary N) is 1. The van der Waals surface area contributed by atoms with Gasteiger partial charge in [-0.3, -0.25) is 0 Å². The maximum Gasteiger partial charge on any atom is 0.119 e. The first-order valence-electron chi connectivity index (χ1n) is 7.08. The molecule has 1 aliphatic rings. The van der Waals surface area contributed by atoms with Gasteiger partial charge in [-0.25, -0.2) is 0 Å². The van der Waals surface area contributed by atoms with Crippen LogP contribution in [0.5, 0.6) is 5.75 Å². The Hall–Kier alpha value is -1.80. The van der Waals surface area contributed by atoms with Crippen molar-refractivity contribution in [3.05, 3.63) is 64.2 Å². The summed E-state index contributed by atoms with van der Waals surface area (Å²) in [4.78, 5) is 0. The molecule has 2 aromatic rings. The lowest BCUT2D eigenvalue weighted by Crippen LogP contribution is -2.35. The van der Waals surface area contributed by atoms with Gasteiger partial charge >= 0.3 is 0 Å². The summed E-state index contributed by atoms with van der Waals surface area (Å²) >= 11 is 0. The molecule has 3 rings (SSSR count). The number of ether oxygens (including phenoxy) is 1. The predicted molar refractivity (Wildman–Crippen MR) is 82.2 cm³/mol. The van der Waals surface area contributed by atoms with Crippen molar-refractivity contribution in [1.29, 1.82) is 0 Å². The van der Waals surface area contributed by atoms with E-state index in [1.54, 1.807) is 7.11 Å². The Morgan fingerprint density at radius 2 is 1.75 bits per heavy atom. The molecule has 2 nitrogen and oxygen atoms in total. The number of benzene rings is 2. The molecule has 0 aromatic heterocycles. The van der Waals surface area contributed by atoms with E-state index in [9.17, 15) is 0 Å². The van der Waals surface area contributed by atoms with Crippen molar-refractivity contribution >= 4 is 0 Å². The molecule has 0 bridgehead atoms. The van der Waals surface area contributed by atoms with Gasteiger partial charge in [-0.2, -0.15) is 0 Å². The zero-order chi connectivity index (χ0) is 14.3. The predicted octanol–water partition coefficient (Wildman–Crippen LogP) is 3.46. The minimum absolute atomic E-state index is 0.388. The first-order chi connectivity index (χ1) is 9.53. The Morgan fingerprint density at radius 1 is 1.05 bits per heavy atom. The standard InChI is InChI=1S/C18H21NO/c1-12-8-13(2)10-15(9-12)18(19)7-6-14-4-5-16(20-3)11-17(14)18/h4-5,8-11H,6-7,19H2,1-3H3. The highest BCUT2D eigenvalue weighted by molar-refractivity contribution is 5.51. The van der Waals surface area contributed by atoms with E-state index in [1.807, 2.05) is 6.07 Å². The van der Waals surface area contributed by atoms with E-state index in [4.69, 9.17) is 10.5 Å². The Balaban J connectivity index is 2.15. The molecule has 2 heteroatoms. The van der Waals surface area contributed by atoms with Crippen LogP contribution < -0.4 is 10.5 Å². The fraction of sp³-hybridized carbons (Fsp3) is 0.333. The molecule has 1 aliphatic carbocycles. The van der Waals surface area contributed by atoms with Gasteiger partial charge in [-0.05, 0) is 55.5 Å². The molecule has 0 fully saturated rings. The van der Waals surface area contributed by atoms with Crippen LogP contribution in [0.4, 0.5) is 0 Å². The third-order valence-electron chi connectivity index (χ3n) is 4.32. The molecule has 2 N–H and O–H groups in total. The molecule has 0 saturated heterocycles. The normalized spacial score (nSPS) is 20.8. The maximum atomic E-state index is 6.80. The van der Waals surface area contributed by atoms with Crippen LogP contribution in [0.25, 0.3) is 0 Å². The summed E-state index contributed by atoms with van der Waals surface area (Å²) in [5.74, 6) is 0.879. The van der Waals surface area contributed by atoms with Gasteiger partial charge in [0.05, 0.1) is 12.6 Å². The van der Waals surface area contributed by atoms with Crippen LogP contribution in [0.15, 0.2) is 36.4 Å². The van der Waals surface area contributed by atoms with E-state index in [-0.39, 0.29) is 5.54 Å². The molecule has 20 heavy (non-hydrogen) atoms. The number of hydrogen-bond acceptors (Lipinski definition) is 2. The molecular weight excluding hydrogens is 246 g/mol. The van der Waals surface area contributed by atoms with Crippen molar-refractivity contribution in [2.45, 2.75) is 32.2 Å². The van der Waals surface area contributed by atoms with Gasteiger partial charge in [0.2, 0.25) is 0 Å². The van der Waals surface area contributed by atoms with Crippen LogP contribution in [0, 0.1) is 13.8 Å². The van der Waals surface area contributed by atoms with Gasteiger partial charge in [0, 0.05) is 0 Å². The first kappa shape index (κ1) is 13.2. The molecular formula is C18H21NO. The van der Waals surface area contributed by atoms with Crippen molar-refractivity contribution < 1.29 is 4.74 Å². The summed E-state index contributed by atoms with van der Waals surface area (Å²) in [6.45, 7) is 4.25. The molecule has 0 aliphatic heterocycles. The molecule has 0 amide bonds. The summed E-state index contributed by atoms with van der Waals surface area (Å²) < 4.78 is 5.36. The molecule has 0 heterocycles. The lowest BCUT2D eigenvalue weighted by molar-refractivity contribution is 0.413. The van der Waals surface area contributed by atoms with Gasteiger partial charge in [0.1, 0.15) is 5.75 Å². The lowest BCUT2D eigenvalue weighted by Gasteiger charge is -2.27. The van der Waals surface area contributed by atoms with E-state index in [0.717, 1.165) is 18.6 Å². The topological polar surface area (TPSA) is 35.2 Å². The second kappa shape index (κ2) is 4.64. The summed E-state index contributed by atoms with van der Waals surface area (Å²) in [7, 11) is 1.70. The van der Waals surface area contributed by atoms with Crippen LogP contribution in [0.3, 0.4) is 0 Å². The molecule has 0 radical (unpaired) electrons. The molecule has 1 unspecified atom stereocenters. The van der Waals surface area contributed by atoms with Crippen LogP contribution in [0.2, 0.25) is 0 Å². The van der Waals surface area contributed by atoms with Crippen molar-refractivity contribution in [2.75, 3.05) is 7.11 Å². The highest BCUT2D eigenvalue weighted by Gasteiger charge is 2.37. The zero-order valence-electron chi connectivity index (χ0n) is 12.4. The fourth-order valence-electron chi connectivity index (χ4n) is 3.31. The minimum Gasteiger partial charge on any atom is -0.497 e. The second-order valence-electron chi connectivity index (χ2n) is 5.87. The molecule has 1 atom stereocenters. The Labute approximate surface area is 120 Å². The first-order valence-corrected chi connectivity index (χ1v) is 7.08. The van der Waals surface area contributed by atoms with Crippen molar-refractivity contribution in [3.8, 4) is 5.75 Å². The number of hydrogen-bond donors (Lipinski definition) is 1. The summed E-state index contributed by atoms with van der Waals surface area (Å²) in [6, 6.07) is 12.9.